The minimum atomic E-state index is -3.25. The van der Waals surface area contributed by atoms with Gasteiger partial charge in [0.2, 0.25) is 10.0 Å². The zero-order valence-corrected chi connectivity index (χ0v) is 18.4. The van der Waals surface area contributed by atoms with E-state index in [4.69, 9.17) is 0 Å². The highest BCUT2D eigenvalue weighted by molar-refractivity contribution is 14.0. The molecular weight excluding hydrogens is 463 g/mol. The molecule has 1 aromatic carbocycles. The molecule has 2 N–H and O–H groups in total. The van der Waals surface area contributed by atoms with E-state index in [0.29, 0.717) is 12.5 Å². The summed E-state index contributed by atoms with van der Waals surface area (Å²) in [6, 6.07) is 8.29. The summed E-state index contributed by atoms with van der Waals surface area (Å²) in [6.07, 6.45) is 4.49. The van der Waals surface area contributed by atoms with Crippen molar-refractivity contribution in [2.45, 2.75) is 32.6 Å². The smallest absolute Gasteiger partial charge is 0.213 e. The first-order valence-electron chi connectivity index (χ1n) is 9.20. The molecule has 1 aliphatic carbocycles. The first kappa shape index (κ1) is 21.4. The average molecular weight is 492 g/mol. The number of rotatable bonds is 7. The number of sulfonamides is 1. The van der Waals surface area contributed by atoms with Gasteiger partial charge in [0.15, 0.2) is 5.96 Å². The second-order valence-corrected chi connectivity index (χ2v) is 8.66. The lowest BCUT2D eigenvalue weighted by Crippen LogP contribution is -2.41. The zero-order chi connectivity index (χ0) is 17.7. The van der Waals surface area contributed by atoms with E-state index in [2.05, 4.69) is 32.1 Å². The van der Waals surface area contributed by atoms with Gasteiger partial charge in [-0.1, -0.05) is 24.6 Å². The van der Waals surface area contributed by atoms with Crippen LogP contribution in [-0.2, 0) is 16.4 Å². The molecule has 0 unspecified atom stereocenters. The highest BCUT2D eigenvalue weighted by Crippen LogP contribution is 2.27. The van der Waals surface area contributed by atoms with Crippen LogP contribution < -0.4 is 14.9 Å². The van der Waals surface area contributed by atoms with Crippen molar-refractivity contribution in [2.24, 2.45) is 10.9 Å². The van der Waals surface area contributed by atoms with Gasteiger partial charge in [-0.3, -0.25) is 4.99 Å². The fourth-order valence-electron chi connectivity index (χ4n) is 3.24. The van der Waals surface area contributed by atoms with Crippen LogP contribution in [0.1, 0.15) is 31.7 Å². The monoisotopic (exact) mass is 492 g/mol. The maximum atomic E-state index is 12.1. The van der Waals surface area contributed by atoms with Crippen LogP contribution in [0, 0.1) is 5.92 Å². The summed E-state index contributed by atoms with van der Waals surface area (Å²) in [7, 11) is -3.25. The number of nitrogens with one attached hydrogen (secondary N) is 2. The Morgan fingerprint density at radius 1 is 1.31 bits per heavy atom. The summed E-state index contributed by atoms with van der Waals surface area (Å²) in [5.41, 5.74) is 2.47. The number of guanidine groups is 1. The molecule has 1 aliphatic heterocycles. The number of anilines is 1. The van der Waals surface area contributed by atoms with E-state index in [0.717, 1.165) is 44.0 Å². The van der Waals surface area contributed by atoms with Crippen molar-refractivity contribution < 1.29 is 8.42 Å². The number of halogens is 1. The number of para-hydroxylation sites is 1. The zero-order valence-electron chi connectivity index (χ0n) is 15.3. The first-order chi connectivity index (χ1) is 12.1. The molecule has 26 heavy (non-hydrogen) atoms. The van der Waals surface area contributed by atoms with Crippen molar-refractivity contribution in [3.63, 3.8) is 0 Å². The van der Waals surface area contributed by atoms with Crippen LogP contribution in [0.2, 0.25) is 0 Å². The highest BCUT2D eigenvalue weighted by atomic mass is 127. The number of aliphatic imine (C=N–C) groups is 1. The third-order valence-electron chi connectivity index (χ3n) is 4.92. The fourth-order valence-corrected chi connectivity index (χ4v) is 4.20. The molecule has 0 radical (unpaired) electrons. The molecule has 0 bridgehead atoms. The summed E-state index contributed by atoms with van der Waals surface area (Å²) < 4.78 is 27.0. The van der Waals surface area contributed by atoms with Crippen LogP contribution in [0.4, 0.5) is 5.69 Å². The molecule has 6 nitrogen and oxygen atoms in total. The normalized spacial score (nSPS) is 17.4. The Bertz CT molecular complexity index is 720. The third-order valence-corrected chi connectivity index (χ3v) is 6.24. The lowest BCUT2D eigenvalue weighted by atomic mass is 9.86. The van der Waals surface area contributed by atoms with E-state index < -0.39 is 10.0 Å². The van der Waals surface area contributed by atoms with Crippen molar-refractivity contribution >= 4 is 45.6 Å². The summed E-state index contributed by atoms with van der Waals surface area (Å²) in [5.74, 6) is 1.32. The minimum Gasteiger partial charge on any atom is -0.356 e. The molecule has 8 heteroatoms. The second kappa shape index (κ2) is 9.89. The fraction of sp³-hybridized carbons (Fsp3) is 0.611. The molecular formula is C18H29IN4O2S. The lowest BCUT2D eigenvalue weighted by Gasteiger charge is -2.25. The van der Waals surface area contributed by atoms with Gasteiger partial charge in [0.05, 0.1) is 12.3 Å². The van der Waals surface area contributed by atoms with Crippen molar-refractivity contribution in [3.8, 4) is 0 Å². The molecule has 1 saturated carbocycles. The van der Waals surface area contributed by atoms with Crippen molar-refractivity contribution in [3.05, 3.63) is 29.8 Å². The Balaban J connectivity index is 0.00000243. The molecule has 0 saturated heterocycles. The van der Waals surface area contributed by atoms with Gasteiger partial charge in [0.25, 0.3) is 0 Å². The third kappa shape index (κ3) is 5.56. The Morgan fingerprint density at radius 3 is 2.77 bits per heavy atom. The first-order valence-corrected chi connectivity index (χ1v) is 10.9. The van der Waals surface area contributed by atoms with Crippen LogP contribution in [0.3, 0.4) is 0 Å². The number of benzene rings is 1. The van der Waals surface area contributed by atoms with Crippen LogP contribution in [0.5, 0.6) is 0 Å². The van der Waals surface area contributed by atoms with E-state index in [1.54, 1.807) is 0 Å². The van der Waals surface area contributed by atoms with Gasteiger partial charge in [-0.15, -0.1) is 24.0 Å². The quantitative estimate of drug-likeness (QED) is 0.348. The standard InChI is InChI=1S/C18H28N4O2S.HI/c1-2-19-18(22-12-10-16-8-3-4-9-17(16)22)20-11-13-25(23,24)21-14-15-6-5-7-15;/h3-4,8-9,15,21H,2,5-7,10-14H2,1H3,(H,19,20);1H. The lowest BCUT2D eigenvalue weighted by molar-refractivity contribution is 0.316. The minimum absolute atomic E-state index is 0. The maximum Gasteiger partial charge on any atom is 0.213 e. The maximum absolute atomic E-state index is 12.1. The largest absolute Gasteiger partial charge is 0.356 e. The molecule has 3 rings (SSSR count). The molecule has 0 amide bonds. The van der Waals surface area contributed by atoms with E-state index >= 15 is 0 Å². The van der Waals surface area contributed by atoms with Crippen molar-refractivity contribution in [2.75, 3.05) is 36.8 Å². The predicted molar refractivity (Wildman–Crippen MR) is 118 cm³/mol. The van der Waals surface area contributed by atoms with E-state index in [1.165, 1.54) is 12.0 Å². The molecule has 1 heterocycles. The SMILES string of the molecule is CCNC(=NCCS(=O)(=O)NCC1CCC1)N1CCc2ccccc21.I. The average Bonchev–Trinajstić information content (AvgIpc) is 2.96. The Hall–Kier alpha value is -0.870. The Labute approximate surface area is 173 Å². The van der Waals surface area contributed by atoms with Crippen LogP contribution >= 0.6 is 24.0 Å². The Kier molecular flexibility index (Phi) is 8.15. The number of hydrogen-bond acceptors (Lipinski definition) is 3. The summed E-state index contributed by atoms with van der Waals surface area (Å²) in [6.45, 7) is 4.49. The van der Waals surface area contributed by atoms with Crippen molar-refractivity contribution in [1.82, 2.24) is 10.0 Å². The van der Waals surface area contributed by atoms with E-state index in [-0.39, 0.29) is 36.3 Å². The summed E-state index contributed by atoms with van der Waals surface area (Å²) in [5, 5.41) is 3.28. The van der Waals surface area contributed by atoms with Crippen LogP contribution in [0.15, 0.2) is 29.3 Å². The second-order valence-electron chi connectivity index (χ2n) is 6.73. The number of hydrogen-bond donors (Lipinski definition) is 2. The molecule has 0 aromatic heterocycles. The van der Waals surface area contributed by atoms with E-state index in [9.17, 15) is 8.42 Å². The van der Waals surface area contributed by atoms with Gasteiger partial charge < -0.3 is 10.2 Å². The topological polar surface area (TPSA) is 73.8 Å². The van der Waals surface area contributed by atoms with Gasteiger partial charge in [-0.05, 0) is 43.7 Å². The molecule has 0 spiro atoms. The highest BCUT2D eigenvalue weighted by Gasteiger charge is 2.23. The summed E-state index contributed by atoms with van der Waals surface area (Å²) in [4.78, 5) is 6.70. The van der Waals surface area contributed by atoms with Crippen molar-refractivity contribution in [1.29, 1.82) is 0 Å². The molecule has 146 valence electrons. The van der Waals surface area contributed by atoms with Gasteiger partial charge in [-0.25, -0.2) is 13.1 Å². The Morgan fingerprint density at radius 2 is 2.08 bits per heavy atom. The van der Waals surface area contributed by atoms with Gasteiger partial charge >= 0.3 is 0 Å². The predicted octanol–water partition coefficient (Wildman–Crippen LogP) is 2.35. The number of fused-ring (bicyclic) bond motifs is 1. The van der Waals surface area contributed by atoms with Gasteiger partial charge in [0.1, 0.15) is 0 Å². The van der Waals surface area contributed by atoms with Crippen LogP contribution in [0.25, 0.3) is 0 Å². The van der Waals surface area contributed by atoms with Crippen LogP contribution in [-0.4, -0.2) is 46.3 Å². The molecule has 1 aromatic rings. The van der Waals surface area contributed by atoms with E-state index in [1.807, 2.05) is 19.1 Å². The molecule has 1 fully saturated rings. The number of nitrogens with zero attached hydrogens (tertiary/aromatic N) is 2. The molecule has 2 aliphatic rings. The van der Waals surface area contributed by atoms with Gasteiger partial charge in [0, 0.05) is 25.3 Å². The van der Waals surface area contributed by atoms with Gasteiger partial charge in [-0.2, -0.15) is 0 Å². The summed E-state index contributed by atoms with van der Waals surface area (Å²) >= 11 is 0. The molecule has 0 atom stereocenters.